The van der Waals surface area contributed by atoms with Crippen molar-refractivity contribution in [2.75, 3.05) is 12.4 Å². The second-order valence-corrected chi connectivity index (χ2v) is 10.2. The maximum Gasteiger partial charge on any atom is 0.231 e. The lowest BCUT2D eigenvalue weighted by Gasteiger charge is -2.30. The van der Waals surface area contributed by atoms with Crippen LogP contribution >= 0.6 is 0 Å². The van der Waals surface area contributed by atoms with Gasteiger partial charge in [-0.2, -0.15) is 0 Å². The number of hydrogen-bond donors (Lipinski definition) is 2. The first-order valence-electron chi connectivity index (χ1n) is 12.3. The number of carbonyl (C=O) groups excluding carboxylic acids is 2. The molecule has 3 aromatic rings. The molecule has 1 saturated carbocycles. The van der Waals surface area contributed by atoms with Crippen LogP contribution in [0.3, 0.4) is 0 Å². The summed E-state index contributed by atoms with van der Waals surface area (Å²) in [5.74, 6) is -1.55. The quantitative estimate of drug-likeness (QED) is 0.427. The van der Waals surface area contributed by atoms with Crippen LogP contribution in [0.5, 0.6) is 0 Å². The number of rotatable bonds is 4. The average molecular weight is 482 g/mol. The zero-order valence-electron chi connectivity index (χ0n) is 20.6. The van der Waals surface area contributed by atoms with Gasteiger partial charge in [-0.05, 0) is 55.5 Å². The second-order valence-electron chi connectivity index (χ2n) is 10.2. The first-order chi connectivity index (χ1) is 16.8. The van der Waals surface area contributed by atoms with E-state index in [9.17, 15) is 14.0 Å². The Kier molecular flexibility index (Phi) is 7.08. The van der Waals surface area contributed by atoms with E-state index in [2.05, 4.69) is 11.1 Å². The Balaban J connectivity index is 0.00000141. The summed E-state index contributed by atoms with van der Waals surface area (Å²) in [6.07, 6.45) is 7.31. The van der Waals surface area contributed by atoms with Gasteiger partial charge in [0.05, 0.1) is 5.52 Å². The Bertz CT molecular complexity index is 1270. The zero-order valence-corrected chi connectivity index (χ0v) is 20.6. The molecule has 0 saturated heterocycles. The van der Waals surface area contributed by atoms with E-state index in [0.29, 0.717) is 47.0 Å². The van der Waals surface area contributed by atoms with Crippen LogP contribution in [0.2, 0.25) is 0 Å². The third-order valence-electron chi connectivity index (χ3n) is 7.04. The van der Waals surface area contributed by atoms with E-state index in [-0.39, 0.29) is 22.2 Å². The summed E-state index contributed by atoms with van der Waals surface area (Å²) in [4.78, 5) is 24.8. The van der Waals surface area contributed by atoms with E-state index >= 15 is 4.39 Å². The minimum Gasteiger partial charge on any atom is -0.382 e. The Labute approximate surface area is 204 Å². The molecule has 0 amide bonds. The molecule has 186 valence electrons. The summed E-state index contributed by atoms with van der Waals surface area (Å²) in [7, 11) is 1.50. The number of nitrogens with one attached hydrogen (secondary N) is 1. The van der Waals surface area contributed by atoms with Crippen LogP contribution in [-0.2, 0) is 6.42 Å². The second kappa shape index (κ2) is 9.90. The van der Waals surface area contributed by atoms with Gasteiger partial charge in [0.25, 0.3) is 0 Å². The molecule has 1 aliphatic heterocycles. The largest absolute Gasteiger partial charge is 0.382 e. The van der Waals surface area contributed by atoms with Gasteiger partial charge in [-0.1, -0.05) is 39.2 Å². The lowest BCUT2D eigenvalue weighted by Crippen LogP contribution is -2.31. The molecule has 1 fully saturated rings. The van der Waals surface area contributed by atoms with E-state index in [1.165, 1.54) is 24.1 Å². The Morgan fingerprint density at radius 2 is 1.77 bits per heavy atom. The summed E-state index contributed by atoms with van der Waals surface area (Å²) in [6, 6.07) is 7.81. The van der Waals surface area contributed by atoms with Crippen LogP contribution in [0.25, 0.3) is 22.0 Å². The Morgan fingerprint density at radius 3 is 2.46 bits per heavy atom. The molecular weight excluding hydrogens is 448 g/mol. The van der Waals surface area contributed by atoms with Crippen LogP contribution < -0.4 is 11.1 Å². The molecular formula is C28H33F2N3O2. The van der Waals surface area contributed by atoms with Crippen molar-refractivity contribution >= 4 is 28.8 Å². The fourth-order valence-electron chi connectivity index (χ4n) is 5.56. The smallest absolute Gasteiger partial charge is 0.231 e. The molecule has 0 radical (unpaired) electrons. The molecule has 2 aromatic carbocycles. The van der Waals surface area contributed by atoms with Crippen molar-refractivity contribution in [2.45, 2.75) is 64.8 Å². The minimum absolute atomic E-state index is 0.160. The normalized spacial score (nSPS) is 17.5. The van der Waals surface area contributed by atoms with Gasteiger partial charge in [0.15, 0.2) is 6.29 Å². The van der Waals surface area contributed by atoms with E-state index in [4.69, 9.17) is 0 Å². The summed E-state index contributed by atoms with van der Waals surface area (Å²) < 4.78 is 30.8. The van der Waals surface area contributed by atoms with E-state index in [1.807, 2.05) is 19.9 Å². The number of fused-ring (bicyclic) bond motifs is 3. The van der Waals surface area contributed by atoms with Crippen molar-refractivity contribution in [3.63, 3.8) is 0 Å². The number of anilines is 1. The molecule has 2 heterocycles. The predicted octanol–water partition coefficient (Wildman–Crippen LogP) is 6.33. The highest BCUT2D eigenvalue weighted by Crippen LogP contribution is 2.44. The molecule has 1 aliphatic carbocycles. The SMILES string of the molecule is CC1(C)CC(=O)n2c(c(-c3ccc(C=O)c(NC4CCCCC4)c3)c3c(F)cc(F)cc32)C1.CN. The fourth-order valence-corrected chi connectivity index (χ4v) is 5.56. The number of benzene rings is 2. The van der Waals surface area contributed by atoms with Gasteiger partial charge in [0.2, 0.25) is 5.91 Å². The third-order valence-corrected chi connectivity index (χ3v) is 7.04. The van der Waals surface area contributed by atoms with E-state index < -0.39 is 11.6 Å². The molecule has 0 bridgehead atoms. The average Bonchev–Trinajstić information content (AvgIpc) is 3.14. The summed E-state index contributed by atoms with van der Waals surface area (Å²) in [5.41, 5.74) is 7.74. The molecule has 5 rings (SSSR count). The molecule has 2 aliphatic rings. The molecule has 0 unspecified atom stereocenters. The summed E-state index contributed by atoms with van der Waals surface area (Å²) >= 11 is 0. The van der Waals surface area contributed by atoms with Gasteiger partial charge in [-0.25, -0.2) is 8.78 Å². The first-order valence-corrected chi connectivity index (χ1v) is 12.3. The molecule has 1 aromatic heterocycles. The minimum atomic E-state index is -0.708. The number of halogens is 2. The zero-order chi connectivity index (χ0) is 25.3. The van der Waals surface area contributed by atoms with Crippen molar-refractivity contribution in [1.29, 1.82) is 0 Å². The van der Waals surface area contributed by atoms with Crippen LogP contribution in [0.4, 0.5) is 14.5 Å². The molecule has 7 heteroatoms. The fraction of sp³-hybridized carbons (Fsp3) is 0.429. The monoisotopic (exact) mass is 481 g/mol. The number of nitrogens with zero attached hydrogens (tertiary/aromatic N) is 1. The van der Waals surface area contributed by atoms with Crippen LogP contribution in [0.15, 0.2) is 30.3 Å². The predicted molar refractivity (Wildman–Crippen MR) is 136 cm³/mol. The maximum absolute atomic E-state index is 15.2. The van der Waals surface area contributed by atoms with Crippen molar-refractivity contribution in [3.05, 3.63) is 53.2 Å². The topological polar surface area (TPSA) is 77.1 Å². The molecule has 0 spiro atoms. The van der Waals surface area contributed by atoms with Gasteiger partial charge < -0.3 is 11.1 Å². The molecule has 5 nitrogen and oxygen atoms in total. The van der Waals surface area contributed by atoms with Crippen molar-refractivity contribution in [2.24, 2.45) is 11.1 Å². The number of nitrogens with two attached hydrogens (primary N) is 1. The lowest BCUT2D eigenvalue weighted by atomic mass is 9.80. The Hall–Kier alpha value is -3.06. The van der Waals surface area contributed by atoms with Crippen LogP contribution in [0.1, 0.15) is 73.2 Å². The van der Waals surface area contributed by atoms with Crippen molar-refractivity contribution < 1.29 is 18.4 Å². The Morgan fingerprint density at radius 1 is 1.06 bits per heavy atom. The number of carbonyl (C=O) groups is 2. The third kappa shape index (κ3) is 4.74. The molecule has 3 N–H and O–H groups in total. The van der Waals surface area contributed by atoms with Crippen LogP contribution in [0, 0.1) is 17.0 Å². The van der Waals surface area contributed by atoms with E-state index in [1.54, 1.807) is 12.1 Å². The van der Waals surface area contributed by atoms with E-state index in [0.717, 1.165) is 38.0 Å². The molecule has 35 heavy (non-hydrogen) atoms. The highest BCUT2D eigenvalue weighted by atomic mass is 19.1. The summed E-state index contributed by atoms with van der Waals surface area (Å²) in [6.45, 7) is 4.02. The van der Waals surface area contributed by atoms with Crippen molar-refractivity contribution in [3.8, 4) is 11.1 Å². The number of hydrogen-bond acceptors (Lipinski definition) is 4. The molecule has 0 atom stereocenters. The standard InChI is InChI=1S/C27H28F2N2O2.CH5N/c1-27(2)13-23-25(26-20(29)11-18(28)12-22(26)31(23)24(33)14-27)16-8-9-17(15-32)21(10-16)30-19-6-4-3-5-7-19;1-2/h8-12,15,19,30H,3-7,13-14H2,1-2H3;2H2,1H3. The van der Waals surface area contributed by atoms with Gasteiger partial charge in [-0.3, -0.25) is 14.2 Å². The maximum atomic E-state index is 15.2. The van der Waals surface area contributed by atoms with Gasteiger partial charge in [-0.15, -0.1) is 0 Å². The van der Waals surface area contributed by atoms with Crippen LogP contribution in [-0.4, -0.2) is 29.8 Å². The number of aromatic nitrogens is 1. The first kappa shape index (κ1) is 25.0. The van der Waals surface area contributed by atoms with Gasteiger partial charge in [0, 0.05) is 46.4 Å². The van der Waals surface area contributed by atoms with Gasteiger partial charge in [0.1, 0.15) is 11.6 Å². The number of aldehydes is 1. The highest BCUT2D eigenvalue weighted by molar-refractivity contribution is 6.05. The van der Waals surface area contributed by atoms with Crippen molar-refractivity contribution in [1.82, 2.24) is 4.57 Å². The van der Waals surface area contributed by atoms with Gasteiger partial charge >= 0.3 is 0 Å². The summed E-state index contributed by atoms with van der Waals surface area (Å²) in [5, 5.41) is 3.77. The lowest BCUT2D eigenvalue weighted by molar-refractivity contribution is 0.0816. The highest BCUT2D eigenvalue weighted by Gasteiger charge is 2.36.